The number of benzene rings is 1. The van der Waals surface area contributed by atoms with E-state index in [0.29, 0.717) is 5.75 Å². The van der Waals surface area contributed by atoms with Gasteiger partial charge >= 0.3 is 24.0 Å². The van der Waals surface area contributed by atoms with Gasteiger partial charge in [0.2, 0.25) is 11.8 Å². The van der Waals surface area contributed by atoms with E-state index in [9.17, 15) is 43.8 Å². The van der Waals surface area contributed by atoms with E-state index in [0.717, 1.165) is 5.56 Å². The molecule has 4 amide bonds. The maximum absolute atomic E-state index is 13.9. The molecule has 0 fully saturated rings. The number of esters is 2. The van der Waals surface area contributed by atoms with Gasteiger partial charge in [0, 0.05) is 0 Å². The number of aliphatic hydroxyl groups is 1. The Labute approximate surface area is 347 Å². The lowest BCUT2D eigenvalue weighted by Crippen LogP contribution is -2.59. The lowest BCUT2D eigenvalue weighted by molar-refractivity contribution is -0.161. The normalized spacial score (nSPS) is 15.7. The molecule has 7 N–H and O–H groups in total. The maximum atomic E-state index is 13.9. The van der Waals surface area contributed by atoms with E-state index in [1.165, 1.54) is 21.0 Å². The third-order valence-corrected chi connectivity index (χ3v) is 8.97. The van der Waals surface area contributed by atoms with E-state index >= 15 is 0 Å². The Morgan fingerprint density at radius 2 is 1.34 bits per heavy atom. The van der Waals surface area contributed by atoms with Crippen molar-refractivity contribution in [1.29, 1.82) is 0 Å². The molecule has 0 aliphatic rings. The highest BCUT2D eigenvalue weighted by molar-refractivity contribution is 5.92. The molecule has 18 heteroatoms. The fourth-order valence-corrected chi connectivity index (χ4v) is 5.74. The minimum absolute atomic E-state index is 0.0751. The summed E-state index contributed by atoms with van der Waals surface area (Å²) in [6.45, 7) is 17.8. The van der Waals surface area contributed by atoms with Crippen molar-refractivity contribution in [1.82, 2.24) is 26.6 Å². The van der Waals surface area contributed by atoms with E-state index in [1.54, 1.807) is 79.8 Å². The van der Waals surface area contributed by atoms with Crippen molar-refractivity contribution in [3.8, 4) is 5.75 Å². The predicted octanol–water partition coefficient (Wildman–Crippen LogP) is 2.23. The van der Waals surface area contributed by atoms with Crippen LogP contribution in [0.15, 0.2) is 24.3 Å². The second-order valence-corrected chi connectivity index (χ2v) is 16.6. The van der Waals surface area contributed by atoms with Gasteiger partial charge in [-0.25, -0.2) is 4.79 Å². The van der Waals surface area contributed by atoms with Crippen LogP contribution in [0.2, 0.25) is 0 Å². The third kappa shape index (κ3) is 18.7. The number of hydrogen-bond donors (Lipinski definition) is 7. The van der Waals surface area contributed by atoms with Crippen LogP contribution in [0.3, 0.4) is 0 Å². The summed E-state index contributed by atoms with van der Waals surface area (Å²) in [6, 6.07) is 1.29. The molecule has 0 aliphatic heterocycles. The number of ether oxygens (including phenoxy) is 4. The number of carboxylic acid groups (broad SMARTS) is 1. The Balaban J connectivity index is 3.21. The zero-order valence-corrected chi connectivity index (χ0v) is 36.7. The largest absolute Gasteiger partial charge is 0.497 e. The van der Waals surface area contributed by atoms with Crippen molar-refractivity contribution in [2.45, 2.75) is 150 Å². The number of amides is 4. The van der Waals surface area contributed by atoms with Crippen LogP contribution in [0.4, 0.5) is 4.79 Å². The Kier molecular flexibility index (Phi) is 21.3. The van der Waals surface area contributed by atoms with Gasteiger partial charge in [0.15, 0.2) is 6.10 Å². The average Bonchev–Trinajstić information content (AvgIpc) is 3.12. The summed E-state index contributed by atoms with van der Waals surface area (Å²) >= 11 is 0. The number of rotatable bonds is 23. The van der Waals surface area contributed by atoms with Crippen molar-refractivity contribution in [3.63, 3.8) is 0 Å². The van der Waals surface area contributed by atoms with E-state index < -0.39 is 114 Å². The van der Waals surface area contributed by atoms with Gasteiger partial charge in [-0.15, -0.1) is 0 Å². The molecule has 0 heterocycles. The number of methoxy groups -OCH3 is 1. The quantitative estimate of drug-likeness (QED) is 0.0617. The zero-order chi connectivity index (χ0) is 45.4. The monoisotopic (exact) mass is 837 g/mol. The Bertz CT molecular complexity index is 1560. The van der Waals surface area contributed by atoms with Crippen molar-refractivity contribution in [2.75, 3.05) is 14.2 Å². The topological polar surface area (TPSA) is 257 Å². The first kappa shape index (κ1) is 52.0. The van der Waals surface area contributed by atoms with Crippen LogP contribution in [0, 0.1) is 17.8 Å². The van der Waals surface area contributed by atoms with Crippen molar-refractivity contribution in [2.24, 2.45) is 17.8 Å². The number of alkyl carbamates (subject to hydrolysis) is 1. The highest BCUT2D eigenvalue weighted by atomic mass is 16.6. The van der Waals surface area contributed by atoms with Gasteiger partial charge in [-0.3, -0.25) is 28.8 Å². The molecular weight excluding hydrogens is 770 g/mol. The molecule has 1 aromatic rings. The lowest BCUT2D eigenvalue weighted by atomic mass is 9.95. The fraction of sp³-hybridized carbons (Fsp3) is 0.683. The van der Waals surface area contributed by atoms with Crippen LogP contribution in [-0.4, -0.2) is 120 Å². The molecule has 0 saturated carbocycles. The van der Waals surface area contributed by atoms with Gasteiger partial charge in [-0.1, -0.05) is 53.7 Å². The van der Waals surface area contributed by atoms with E-state index in [1.807, 2.05) is 13.8 Å². The van der Waals surface area contributed by atoms with E-state index in [4.69, 9.17) is 18.9 Å². The van der Waals surface area contributed by atoms with Crippen LogP contribution in [0.25, 0.3) is 0 Å². The molecule has 0 unspecified atom stereocenters. The lowest BCUT2D eigenvalue weighted by Gasteiger charge is -2.32. The Morgan fingerprint density at radius 1 is 0.746 bits per heavy atom. The minimum atomic E-state index is -1.56. The first-order valence-corrected chi connectivity index (χ1v) is 19.8. The number of likely N-dealkylation sites (N-methyl/N-ethyl adjacent to an activating group) is 1. The minimum Gasteiger partial charge on any atom is -0.497 e. The first-order chi connectivity index (χ1) is 27.3. The molecule has 0 saturated heterocycles. The molecule has 8 atom stereocenters. The second kappa shape index (κ2) is 24.2. The first-order valence-electron chi connectivity index (χ1n) is 19.8. The molecule has 0 spiro atoms. The van der Waals surface area contributed by atoms with Gasteiger partial charge in [0.05, 0.1) is 25.7 Å². The molecular formula is C41H67N5O13. The SMILES string of the molecule is CN[C@@H](Cc1ccc(OC)cc1)C(=O)O[C@H](C)[C@H](NC(=O)OC(C)(C)C)C(=O)N[C@H](C(C)C)[C@@H](O)CC(=O)O[C@H](C(=O)N[C@@H](CC(C)C)C(=O)N[C@@H](C)C(=O)O)C(C)C. The van der Waals surface area contributed by atoms with Crippen molar-refractivity contribution >= 4 is 41.7 Å². The van der Waals surface area contributed by atoms with Gasteiger partial charge in [-0.05, 0) is 90.0 Å². The third-order valence-electron chi connectivity index (χ3n) is 8.97. The molecule has 59 heavy (non-hydrogen) atoms. The van der Waals surface area contributed by atoms with E-state index in [-0.39, 0.29) is 18.8 Å². The number of nitrogens with one attached hydrogen (secondary N) is 5. The van der Waals surface area contributed by atoms with Crippen LogP contribution in [0.5, 0.6) is 5.75 Å². The number of carboxylic acids is 1. The molecule has 0 aromatic heterocycles. The zero-order valence-electron chi connectivity index (χ0n) is 36.7. The van der Waals surface area contributed by atoms with Crippen molar-refractivity contribution < 1.29 is 62.7 Å². The number of aliphatic hydroxyl groups excluding tert-OH is 1. The molecule has 0 radical (unpaired) electrons. The number of hydrogen-bond acceptors (Lipinski definition) is 13. The van der Waals surface area contributed by atoms with Crippen LogP contribution in [-0.2, 0) is 49.4 Å². The van der Waals surface area contributed by atoms with Gasteiger partial charge < -0.3 is 55.7 Å². The summed E-state index contributed by atoms with van der Waals surface area (Å²) in [5, 5.41) is 33.4. The molecule has 0 aliphatic carbocycles. The summed E-state index contributed by atoms with van der Waals surface area (Å²) in [7, 11) is 3.11. The maximum Gasteiger partial charge on any atom is 0.408 e. The van der Waals surface area contributed by atoms with E-state index in [2.05, 4.69) is 26.6 Å². The molecule has 1 rings (SSSR count). The van der Waals surface area contributed by atoms with Gasteiger partial charge in [0.1, 0.15) is 41.6 Å². The highest BCUT2D eigenvalue weighted by Crippen LogP contribution is 2.18. The standard InChI is InChI=1S/C41H67N5O13/c1-21(2)18-28(35(49)43-24(7)38(52)53)44-37(51)34(23(5)6)58-31(48)20-30(47)32(22(3)4)45-36(50)33(46-40(55)59-41(9,10)11)25(8)57-39(54)29(42-12)19-26-14-16-27(56-13)17-15-26/h14-17,21-25,28-30,32-34,42,47H,18-20H2,1-13H3,(H,43,49)(H,44,51)(H,45,50)(H,46,55)(H,52,53)/t24-,25+,28-,29-,30-,32+,33-,34-/m0/s1. The molecule has 0 bridgehead atoms. The number of aliphatic carboxylic acids is 1. The predicted molar refractivity (Wildman–Crippen MR) is 217 cm³/mol. The molecule has 334 valence electrons. The van der Waals surface area contributed by atoms with Crippen molar-refractivity contribution in [3.05, 3.63) is 29.8 Å². The van der Waals surface area contributed by atoms with Crippen LogP contribution in [0.1, 0.15) is 94.6 Å². The highest BCUT2D eigenvalue weighted by Gasteiger charge is 2.38. The summed E-state index contributed by atoms with van der Waals surface area (Å²) in [5.74, 6) is -5.85. The Hall–Kier alpha value is -4.97. The summed E-state index contributed by atoms with van der Waals surface area (Å²) < 4.78 is 21.8. The summed E-state index contributed by atoms with van der Waals surface area (Å²) in [5.41, 5.74) is -0.141. The Morgan fingerprint density at radius 3 is 1.81 bits per heavy atom. The van der Waals surface area contributed by atoms with Crippen LogP contribution < -0.4 is 31.3 Å². The summed E-state index contributed by atoms with van der Waals surface area (Å²) in [6.07, 6.45) is -5.46. The van der Waals surface area contributed by atoms with Gasteiger partial charge in [0.25, 0.3) is 5.91 Å². The average molecular weight is 838 g/mol. The molecule has 1 aromatic carbocycles. The number of carbonyl (C=O) groups is 7. The van der Waals surface area contributed by atoms with Crippen LogP contribution >= 0.6 is 0 Å². The molecule has 18 nitrogen and oxygen atoms in total. The number of carbonyl (C=O) groups excluding carboxylic acids is 6. The second-order valence-electron chi connectivity index (χ2n) is 16.6. The smallest absolute Gasteiger partial charge is 0.408 e. The van der Waals surface area contributed by atoms with Gasteiger partial charge in [-0.2, -0.15) is 0 Å². The fourth-order valence-electron chi connectivity index (χ4n) is 5.74. The summed E-state index contributed by atoms with van der Waals surface area (Å²) in [4.78, 5) is 91.0.